The van der Waals surface area contributed by atoms with Crippen molar-refractivity contribution in [3.05, 3.63) is 22.9 Å². The van der Waals surface area contributed by atoms with E-state index in [9.17, 15) is 9.59 Å². The molecule has 2 aliphatic heterocycles. The summed E-state index contributed by atoms with van der Waals surface area (Å²) >= 11 is 1.52. The van der Waals surface area contributed by atoms with Gasteiger partial charge in [-0.05, 0) is 39.1 Å². The van der Waals surface area contributed by atoms with Gasteiger partial charge in [0.15, 0.2) is 6.29 Å². The van der Waals surface area contributed by atoms with Crippen LogP contribution in [0.25, 0.3) is 6.08 Å². The quantitative estimate of drug-likeness (QED) is 0.609. The van der Waals surface area contributed by atoms with Crippen LogP contribution in [0.3, 0.4) is 0 Å². The van der Waals surface area contributed by atoms with Crippen LogP contribution >= 0.6 is 11.8 Å². The summed E-state index contributed by atoms with van der Waals surface area (Å²) in [4.78, 5) is 36.8. The smallest absolute Gasteiger partial charge is 0.225 e. The molecule has 0 spiro atoms. The van der Waals surface area contributed by atoms with Crippen LogP contribution in [0.4, 0.5) is 5.95 Å². The van der Waals surface area contributed by atoms with Crippen molar-refractivity contribution in [1.82, 2.24) is 20.2 Å². The zero-order chi connectivity index (χ0) is 17.8. The third kappa shape index (κ3) is 4.26. The highest BCUT2D eigenvalue weighted by molar-refractivity contribution is 8.03. The van der Waals surface area contributed by atoms with Gasteiger partial charge in [-0.3, -0.25) is 14.9 Å². The van der Waals surface area contributed by atoms with Gasteiger partial charge in [-0.1, -0.05) is 0 Å². The molecular weight excluding hydrogens is 338 g/mol. The lowest BCUT2D eigenvalue weighted by molar-refractivity contribution is -0.130. The summed E-state index contributed by atoms with van der Waals surface area (Å²) in [7, 11) is 4.24. The van der Waals surface area contributed by atoms with E-state index in [1.165, 1.54) is 11.8 Å². The Kier molecular flexibility index (Phi) is 5.82. The molecule has 0 amide bonds. The number of ketones is 1. The van der Waals surface area contributed by atoms with Crippen molar-refractivity contribution in [2.75, 3.05) is 38.0 Å². The molecule has 7 nitrogen and oxygen atoms in total. The lowest BCUT2D eigenvalue weighted by Crippen LogP contribution is -2.42. The van der Waals surface area contributed by atoms with Crippen LogP contribution in [0.15, 0.2) is 17.2 Å². The van der Waals surface area contributed by atoms with Gasteiger partial charge in [-0.2, -0.15) is 0 Å². The average molecular weight is 361 g/mol. The van der Waals surface area contributed by atoms with Gasteiger partial charge in [0, 0.05) is 36.1 Å². The first-order valence-corrected chi connectivity index (χ1v) is 9.38. The number of thioether (sulfide) groups is 1. The first-order chi connectivity index (χ1) is 12.1. The molecule has 1 N–H and O–H groups in total. The van der Waals surface area contributed by atoms with Crippen molar-refractivity contribution in [2.24, 2.45) is 0 Å². The van der Waals surface area contributed by atoms with Crippen LogP contribution in [-0.2, 0) is 9.59 Å². The molecule has 0 bridgehead atoms. The Balaban J connectivity index is 1.73. The maximum Gasteiger partial charge on any atom is 0.225 e. The van der Waals surface area contributed by atoms with Gasteiger partial charge < -0.3 is 9.80 Å². The first-order valence-electron chi connectivity index (χ1n) is 8.39. The summed E-state index contributed by atoms with van der Waals surface area (Å²) in [6.07, 6.45) is 6.18. The van der Waals surface area contributed by atoms with Crippen LogP contribution in [-0.4, -0.2) is 72.1 Å². The zero-order valence-electron chi connectivity index (χ0n) is 14.5. The van der Waals surface area contributed by atoms with Gasteiger partial charge >= 0.3 is 0 Å². The molecule has 0 aliphatic carbocycles. The van der Waals surface area contributed by atoms with Crippen LogP contribution < -0.4 is 10.2 Å². The molecule has 1 atom stereocenters. The summed E-state index contributed by atoms with van der Waals surface area (Å²) in [5.74, 6) is 0.892. The predicted molar refractivity (Wildman–Crippen MR) is 99.4 cm³/mol. The van der Waals surface area contributed by atoms with E-state index < -0.39 is 11.8 Å². The van der Waals surface area contributed by atoms with Crippen LogP contribution in [0.5, 0.6) is 0 Å². The number of anilines is 1. The van der Waals surface area contributed by atoms with E-state index in [-0.39, 0.29) is 0 Å². The van der Waals surface area contributed by atoms with E-state index in [2.05, 4.69) is 39.2 Å². The van der Waals surface area contributed by atoms with Gasteiger partial charge in [0.2, 0.25) is 11.7 Å². The molecule has 3 rings (SSSR count). The Hall–Kier alpha value is -1.77. The average Bonchev–Trinajstić information content (AvgIpc) is 3.09. The second kappa shape index (κ2) is 8.07. The minimum absolute atomic E-state index is 0.373. The largest absolute Gasteiger partial charge is 0.341 e. The van der Waals surface area contributed by atoms with Gasteiger partial charge in [0.25, 0.3) is 0 Å². The van der Waals surface area contributed by atoms with Gasteiger partial charge in [-0.25, -0.2) is 9.97 Å². The number of nitrogens with zero attached hydrogens (tertiary/aromatic N) is 4. The van der Waals surface area contributed by atoms with E-state index in [4.69, 9.17) is 0 Å². The van der Waals surface area contributed by atoms with Gasteiger partial charge in [0.1, 0.15) is 6.04 Å². The standard InChI is InChI=1S/C17H23N5O2S/c1-21(2)13-4-7-22(8-5-13)17-18-6-3-12(20-17)9-15-16(14(24)10-23)19-11-25-15/h3,6,9-10,13,16,19H,4-5,7-8,11H2,1-2H3/b15-9-. The zero-order valence-corrected chi connectivity index (χ0v) is 15.3. The number of Topliss-reactive ketones (excluding diaryl/α,β-unsaturated/α-hetero) is 1. The molecule has 3 heterocycles. The topological polar surface area (TPSA) is 78.4 Å². The maximum atomic E-state index is 11.7. The molecule has 1 unspecified atom stereocenters. The Morgan fingerprint density at radius 1 is 1.40 bits per heavy atom. The van der Waals surface area contributed by atoms with E-state index in [1.54, 1.807) is 6.20 Å². The summed E-state index contributed by atoms with van der Waals surface area (Å²) in [6, 6.07) is 1.89. The van der Waals surface area contributed by atoms with Crippen molar-refractivity contribution in [3.63, 3.8) is 0 Å². The first kappa shape index (κ1) is 18.0. The van der Waals surface area contributed by atoms with Crippen molar-refractivity contribution < 1.29 is 9.59 Å². The van der Waals surface area contributed by atoms with Crippen LogP contribution in [0, 0.1) is 0 Å². The molecule has 0 aromatic carbocycles. The molecule has 2 saturated heterocycles. The van der Waals surface area contributed by atoms with Gasteiger partial charge in [-0.15, -0.1) is 11.8 Å². The minimum atomic E-state index is -0.545. The molecule has 0 saturated carbocycles. The molecule has 8 heteroatoms. The maximum absolute atomic E-state index is 11.7. The number of aldehydes is 1. The Labute approximate surface area is 151 Å². The van der Waals surface area contributed by atoms with E-state index in [0.717, 1.165) is 42.5 Å². The highest BCUT2D eigenvalue weighted by atomic mass is 32.2. The molecule has 25 heavy (non-hydrogen) atoms. The number of hydrogen-bond donors (Lipinski definition) is 1. The Morgan fingerprint density at radius 3 is 2.84 bits per heavy atom. The third-order valence-electron chi connectivity index (χ3n) is 4.64. The van der Waals surface area contributed by atoms with Crippen LogP contribution in [0.2, 0.25) is 0 Å². The lowest BCUT2D eigenvalue weighted by atomic mass is 10.0. The van der Waals surface area contributed by atoms with E-state index >= 15 is 0 Å². The van der Waals surface area contributed by atoms with E-state index in [1.807, 2.05) is 12.1 Å². The number of carbonyl (C=O) groups excluding carboxylic acids is 2. The molecule has 1 aromatic heterocycles. The summed E-state index contributed by atoms with van der Waals surface area (Å²) < 4.78 is 0. The van der Waals surface area contributed by atoms with E-state index in [0.29, 0.717) is 18.2 Å². The number of aromatic nitrogens is 2. The normalized spacial score (nSPS) is 23.4. The SMILES string of the molecule is CN(C)C1CCN(c2nccc(/C=C3\SCNC3C(=O)C=O)n2)CC1. The minimum Gasteiger partial charge on any atom is -0.341 e. The highest BCUT2D eigenvalue weighted by Crippen LogP contribution is 2.28. The number of rotatable bonds is 5. The monoisotopic (exact) mass is 361 g/mol. The molecule has 0 radical (unpaired) electrons. The lowest BCUT2D eigenvalue weighted by Gasteiger charge is -2.35. The molecular formula is C17H23N5O2S. The molecule has 1 aromatic rings. The molecule has 2 aliphatic rings. The number of carbonyl (C=O) groups is 2. The summed E-state index contributed by atoms with van der Waals surface area (Å²) in [5, 5.41) is 3.03. The fourth-order valence-electron chi connectivity index (χ4n) is 3.15. The fourth-order valence-corrected chi connectivity index (χ4v) is 4.14. The van der Waals surface area contributed by atoms with Crippen molar-refractivity contribution in [1.29, 1.82) is 0 Å². The highest BCUT2D eigenvalue weighted by Gasteiger charge is 2.28. The molecule has 134 valence electrons. The number of hydrogen-bond acceptors (Lipinski definition) is 8. The van der Waals surface area contributed by atoms with Crippen LogP contribution in [0.1, 0.15) is 18.5 Å². The van der Waals surface area contributed by atoms with Crippen molar-refractivity contribution in [2.45, 2.75) is 24.9 Å². The number of piperidine rings is 1. The number of nitrogens with one attached hydrogen (secondary N) is 1. The summed E-state index contributed by atoms with van der Waals surface area (Å²) in [6.45, 7) is 1.87. The third-order valence-corrected chi connectivity index (χ3v) is 5.64. The Bertz CT molecular complexity index is 671. The molecule has 2 fully saturated rings. The Morgan fingerprint density at radius 2 is 2.16 bits per heavy atom. The second-order valence-corrected chi connectivity index (χ2v) is 7.50. The van der Waals surface area contributed by atoms with Crippen molar-refractivity contribution >= 4 is 35.9 Å². The predicted octanol–water partition coefficient (Wildman–Crippen LogP) is 0.778. The summed E-state index contributed by atoms with van der Waals surface area (Å²) in [5.41, 5.74) is 0.759. The van der Waals surface area contributed by atoms with Gasteiger partial charge in [0.05, 0.1) is 5.69 Å². The fraction of sp³-hybridized carbons (Fsp3) is 0.529. The second-order valence-electron chi connectivity index (χ2n) is 6.46. The van der Waals surface area contributed by atoms with Crippen molar-refractivity contribution in [3.8, 4) is 0 Å².